The Bertz CT molecular complexity index is 2350. The van der Waals surface area contributed by atoms with Crippen molar-refractivity contribution in [3.63, 3.8) is 0 Å². The Hall–Kier alpha value is -5.46. The molecule has 1 fully saturated rings. The number of rotatable bonds is 8. The number of phenols is 1. The number of nitrogens with zero attached hydrogens (tertiary/aromatic N) is 2. The number of hydrogen-bond donors (Lipinski definition) is 1. The highest BCUT2D eigenvalue weighted by Gasteiger charge is 2.29. The number of sulfonamides is 1. The fourth-order valence-electron chi connectivity index (χ4n) is 6.35. The molecule has 0 aliphatic carbocycles. The van der Waals surface area contributed by atoms with Crippen LogP contribution in [0.15, 0.2) is 143 Å². The highest BCUT2D eigenvalue weighted by Crippen LogP contribution is 2.28. The topological polar surface area (TPSA) is 132 Å². The van der Waals surface area contributed by atoms with Gasteiger partial charge in [-0.2, -0.15) is 8.42 Å². The van der Waals surface area contributed by atoms with Gasteiger partial charge in [0.2, 0.25) is 5.90 Å². The minimum absolute atomic E-state index is 0.144. The van der Waals surface area contributed by atoms with Crippen LogP contribution in [0.5, 0.6) is 5.75 Å². The summed E-state index contributed by atoms with van der Waals surface area (Å²) >= 11 is 11.7. The van der Waals surface area contributed by atoms with Crippen LogP contribution in [0.1, 0.15) is 64.4 Å². The zero-order valence-corrected chi connectivity index (χ0v) is 35.0. The number of ether oxygens (including phenoxy) is 3. The van der Waals surface area contributed by atoms with Crippen LogP contribution in [0.3, 0.4) is 0 Å². The molecular formula is C46H46Cl2N2O8S. The molecule has 5 aromatic carbocycles. The van der Waals surface area contributed by atoms with Crippen molar-refractivity contribution < 1.29 is 37.3 Å². The number of likely N-dealkylation sites (tertiary alicyclic amines) is 1. The minimum atomic E-state index is -3.56. The SMILES string of the molecule is C=CCOC1=NS(=O)(=O)c2ccccc21.CC1CCCCN1CCCOC(=O)c1ccc(Cl)c(Cl)c1.O=C1OCc2ccccc21.Oc1ccccc1-c1ccccc1. The second kappa shape index (κ2) is 22.1. The van der Waals surface area contributed by atoms with E-state index < -0.39 is 10.0 Å². The molecule has 3 aliphatic heterocycles. The number of phenolic OH excluding ortho intramolecular Hbond substituents is 1. The van der Waals surface area contributed by atoms with Crippen LogP contribution in [0.25, 0.3) is 11.1 Å². The molecule has 1 unspecified atom stereocenters. The monoisotopic (exact) mass is 856 g/mol. The van der Waals surface area contributed by atoms with Crippen LogP contribution in [-0.2, 0) is 30.8 Å². The normalized spacial score (nSPS) is 15.8. The van der Waals surface area contributed by atoms with Crippen molar-refractivity contribution in [2.24, 2.45) is 4.40 Å². The van der Waals surface area contributed by atoms with Crippen LogP contribution in [-0.4, -0.2) is 68.6 Å². The molecule has 1 atom stereocenters. The Balaban J connectivity index is 0.000000154. The molecule has 1 N–H and O–H groups in total. The molecular weight excluding hydrogens is 811 g/mol. The zero-order chi connectivity index (χ0) is 42.2. The number of carbonyl (C=O) groups is 2. The Kier molecular flexibility index (Phi) is 16.7. The summed E-state index contributed by atoms with van der Waals surface area (Å²) < 4.78 is 41.8. The van der Waals surface area contributed by atoms with E-state index in [2.05, 4.69) is 22.8 Å². The van der Waals surface area contributed by atoms with Crippen molar-refractivity contribution in [2.75, 3.05) is 26.3 Å². The molecule has 8 rings (SSSR count). The van der Waals surface area contributed by atoms with Gasteiger partial charge in [-0.25, -0.2) is 9.59 Å². The van der Waals surface area contributed by atoms with E-state index in [4.69, 9.17) is 37.4 Å². The maximum absolute atomic E-state index is 11.9. The van der Waals surface area contributed by atoms with Crippen LogP contribution in [0.4, 0.5) is 0 Å². The smallest absolute Gasteiger partial charge is 0.338 e. The van der Waals surface area contributed by atoms with Gasteiger partial charge in [0.25, 0.3) is 10.0 Å². The lowest BCUT2D eigenvalue weighted by molar-refractivity contribution is 0.0474. The molecule has 0 aromatic heterocycles. The number of halogens is 2. The third-order valence-corrected chi connectivity index (χ3v) is 11.5. The minimum Gasteiger partial charge on any atom is -0.507 e. The van der Waals surface area contributed by atoms with Crippen LogP contribution in [0.2, 0.25) is 10.0 Å². The number of hydrogen-bond acceptors (Lipinski definition) is 9. The predicted molar refractivity (Wildman–Crippen MR) is 232 cm³/mol. The van der Waals surface area contributed by atoms with Gasteiger partial charge in [-0.3, -0.25) is 0 Å². The van der Waals surface area contributed by atoms with Crippen LogP contribution < -0.4 is 0 Å². The van der Waals surface area contributed by atoms with Crippen LogP contribution in [0, 0.1) is 0 Å². The first kappa shape index (κ1) is 44.6. The van der Waals surface area contributed by atoms with Gasteiger partial charge in [-0.15, -0.1) is 4.40 Å². The summed E-state index contributed by atoms with van der Waals surface area (Å²) in [5.41, 5.74) is 4.58. The molecule has 308 valence electrons. The number of benzene rings is 5. The fraction of sp³-hybridized carbons (Fsp3) is 0.239. The Morgan fingerprint density at radius 1 is 0.898 bits per heavy atom. The molecule has 0 saturated carbocycles. The molecule has 0 bridgehead atoms. The number of fused-ring (bicyclic) bond motifs is 2. The molecule has 10 nitrogen and oxygen atoms in total. The lowest BCUT2D eigenvalue weighted by Gasteiger charge is -2.33. The second-order valence-electron chi connectivity index (χ2n) is 13.6. The van der Waals surface area contributed by atoms with Gasteiger partial charge in [-0.1, -0.05) is 121 Å². The Morgan fingerprint density at radius 3 is 2.27 bits per heavy atom. The van der Waals surface area contributed by atoms with Crippen molar-refractivity contribution in [3.05, 3.63) is 166 Å². The van der Waals surface area contributed by atoms with E-state index in [0.717, 1.165) is 36.2 Å². The molecule has 59 heavy (non-hydrogen) atoms. The Morgan fingerprint density at radius 2 is 1.58 bits per heavy atom. The standard InChI is InChI=1S/C16H21Cl2NO2.C12H10O.C10H9NO3S.C8H6O2/c1-12-5-2-3-8-19(12)9-4-10-21-16(20)13-6-7-14(17)15(18)11-13;13-12-9-5-4-8-11(12)10-6-2-1-3-7-10;1-2-7-14-10-8-5-3-4-6-9(8)15(12,13)11-10;9-8-7-4-2-1-3-6(7)5-10-8/h6-7,11-12H,2-5,8-10H2,1H3;1-9,13H;2-6H,1,7H2;1-4H,5H2. The number of cyclic esters (lactones) is 1. The third kappa shape index (κ3) is 12.8. The molecule has 3 heterocycles. The van der Waals surface area contributed by atoms with Gasteiger partial charge in [0, 0.05) is 23.7 Å². The van der Waals surface area contributed by atoms with Gasteiger partial charge in [0.15, 0.2) is 0 Å². The van der Waals surface area contributed by atoms with Crippen molar-refractivity contribution in [1.29, 1.82) is 0 Å². The number of esters is 2. The lowest BCUT2D eigenvalue weighted by Crippen LogP contribution is -2.38. The molecule has 0 radical (unpaired) electrons. The zero-order valence-electron chi connectivity index (χ0n) is 32.6. The summed E-state index contributed by atoms with van der Waals surface area (Å²) in [5, 5.41) is 10.4. The van der Waals surface area contributed by atoms with Gasteiger partial charge in [-0.05, 0) is 80.8 Å². The van der Waals surface area contributed by atoms with E-state index >= 15 is 0 Å². The molecule has 3 aliphatic rings. The molecule has 1 saturated heterocycles. The summed E-state index contributed by atoms with van der Waals surface area (Å²) in [6.07, 6.45) is 6.26. The summed E-state index contributed by atoms with van der Waals surface area (Å²) in [7, 11) is -3.56. The number of para-hydroxylation sites is 1. The molecule has 0 amide bonds. The van der Waals surface area contributed by atoms with E-state index in [1.165, 1.54) is 31.4 Å². The van der Waals surface area contributed by atoms with Gasteiger partial charge in [0.1, 0.15) is 23.9 Å². The maximum atomic E-state index is 11.9. The largest absolute Gasteiger partial charge is 0.507 e. The van der Waals surface area contributed by atoms with Crippen molar-refractivity contribution in [2.45, 2.75) is 50.2 Å². The number of piperidine rings is 1. The van der Waals surface area contributed by atoms with E-state index in [0.29, 0.717) is 51.7 Å². The van der Waals surface area contributed by atoms with Crippen LogP contribution >= 0.6 is 23.2 Å². The van der Waals surface area contributed by atoms with Gasteiger partial charge >= 0.3 is 11.9 Å². The number of carbonyl (C=O) groups excluding carboxylic acids is 2. The maximum Gasteiger partial charge on any atom is 0.338 e. The number of aromatic hydroxyl groups is 1. The summed E-state index contributed by atoms with van der Waals surface area (Å²) in [6.45, 7) is 9.00. The first-order chi connectivity index (χ1) is 28.5. The highest BCUT2D eigenvalue weighted by molar-refractivity contribution is 7.90. The molecule has 0 spiro atoms. The Labute approximate surface area is 355 Å². The first-order valence-electron chi connectivity index (χ1n) is 19.1. The fourth-order valence-corrected chi connectivity index (χ4v) is 7.80. The third-order valence-electron chi connectivity index (χ3n) is 9.44. The predicted octanol–water partition coefficient (Wildman–Crippen LogP) is 10.2. The average Bonchev–Trinajstić information content (AvgIpc) is 3.76. The van der Waals surface area contributed by atoms with Crippen molar-refractivity contribution >= 4 is 51.1 Å². The first-order valence-corrected chi connectivity index (χ1v) is 21.3. The quantitative estimate of drug-likeness (QED) is 0.0920. The van der Waals surface area contributed by atoms with Gasteiger partial charge < -0.3 is 24.2 Å². The lowest BCUT2D eigenvalue weighted by atomic mass is 10.0. The summed E-state index contributed by atoms with van der Waals surface area (Å²) in [5.74, 6) is -0.0740. The van der Waals surface area contributed by atoms with E-state index in [1.807, 2.05) is 66.7 Å². The van der Waals surface area contributed by atoms with E-state index in [1.54, 1.807) is 48.5 Å². The van der Waals surface area contributed by atoms with Crippen molar-refractivity contribution in [1.82, 2.24) is 4.90 Å². The van der Waals surface area contributed by atoms with Gasteiger partial charge in [0.05, 0.1) is 33.3 Å². The van der Waals surface area contributed by atoms with Crippen molar-refractivity contribution in [3.8, 4) is 16.9 Å². The van der Waals surface area contributed by atoms with E-state index in [-0.39, 0.29) is 29.3 Å². The second-order valence-corrected chi connectivity index (χ2v) is 16.0. The van der Waals surface area contributed by atoms with E-state index in [9.17, 15) is 23.1 Å². The molecule has 13 heteroatoms. The summed E-state index contributed by atoms with van der Waals surface area (Å²) in [6, 6.07) is 36.6. The highest BCUT2D eigenvalue weighted by atomic mass is 35.5. The molecule has 5 aromatic rings. The average molecular weight is 858 g/mol. The summed E-state index contributed by atoms with van der Waals surface area (Å²) in [4.78, 5) is 25.4.